The van der Waals surface area contributed by atoms with Gasteiger partial charge in [0.2, 0.25) is 0 Å². The number of carbonyl (C=O) groups is 1. The van der Waals surface area contributed by atoms with Crippen molar-refractivity contribution in [2.75, 3.05) is 26.2 Å². The molecule has 0 unspecified atom stereocenters. The van der Waals surface area contributed by atoms with Crippen LogP contribution in [-0.4, -0.2) is 58.6 Å². The van der Waals surface area contributed by atoms with Gasteiger partial charge >= 0.3 is 0 Å². The Kier molecular flexibility index (Phi) is 6.51. The van der Waals surface area contributed by atoms with E-state index in [1.807, 2.05) is 35.2 Å². The number of carbonyl (C=O) groups excluding carboxylic acids is 1. The average Bonchev–Trinajstić information content (AvgIpc) is 3.60. The molecule has 0 N–H and O–H groups in total. The van der Waals surface area contributed by atoms with Gasteiger partial charge in [0, 0.05) is 60.9 Å². The number of hydrogen-bond donors (Lipinski definition) is 0. The van der Waals surface area contributed by atoms with Crippen molar-refractivity contribution in [1.29, 1.82) is 0 Å². The molecule has 3 heterocycles. The summed E-state index contributed by atoms with van der Waals surface area (Å²) in [7, 11) is 0. The number of likely N-dealkylation sites (tertiary alicyclic amines) is 2. The molecule has 2 aromatic carbocycles. The topological polar surface area (TPSA) is 37.7 Å². The van der Waals surface area contributed by atoms with Crippen LogP contribution in [0.1, 0.15) is 67.8 Å². The predicted molar refractivity (Wildman–Crippen MR) is 140 cm³/mol. The van der Waals surface area contributed by atoms with E-state index in [1.54, 1.807) is 0 Å². The predicted octanol–water partition coefficient (Wildman–Crippen LogP) is 5.90. The smallest absolute Gasteiger partial charge is 0.253 e. The lowest BCUT2D eigenvalue weighted by atomic mass is 10.0. The van der Waals surface area contributed by atoms with Crippen molar-refractivity contribution in [2.45, 2.75) is 69.6 Å². The van der Waals surface area contributed by atoms with Crippen molar-refractivity contribution in [3.05, 3.63) is 66.4 Å². The molecule has 35 heavy (non-hydrogen) atoms. The highest BCUT2D eigenvalue weighted by Gasteiger charge is 2.28. The fourth-order valence-corrected chi connectivity index (χ4v) is 6.46. The third-order valence-corrected chi connectivity index (χ3v) is 8.48. The highest BCUT2D eigenvalue weighted by Crippen LogP contribution is 2.32. The number of nitrogens with zero attached hydrogens (tertiary/aromatic N) is 3. The molecule has 3 aromatic rings. The van der Waals surface area contributed by atoms with Crippen LogP contribution in [0.4, 0.5) is 0 Å². The van der Waals surface area contributed by atoms with Crippen molar-refractivity contribution in [1.82, 2.24) is 14.4 Å². The highest BCUT2D eigenvalue weighted by atomic mass is 16.5. The summed E-state index contributed by atoms with van der Waals surface area (Å²) in [6.07, 6.45) is 12.4. The van der Waals surface area contributed by atoms with E-state index in [0.717, 1.165) is 56.1 Å². The average molecular weight is 472 g/mol. The zero-order valence-corrected chi connectivity index (χ0v) is 20.6. The number of hydrogen-bond acceptors (Lipinski definition) is 3. The maximum absolute atomic E-state index is 12.8. The molecule has 1 aromatic heterocycles. The summed E-state index contributed by atoms with van der Waals surface area (Å²) >= 11 is 0. The van der Waals surface area contributed by atoms with Crippen molar-refractivity contribution in [2.24, 2.45) is 0 Å². The Morgan fingerprint density at radius 3 is 2.26 bits per heavy atom. The molecule has 6 rings (SSSR count). The van der Waals surface area contributed by atoms with E-state index in [1.165, 1.54) is 49.7 Å². The van der Waals surface area contributed by atoms with Crippen LogP contribution in [-0.2, 0) is 0 Å². The van der Waals surface area contributed by atoms with Crippen LogP contribution >= 0.6 is 0 Å². The van der Waals surface area contributed by atoms with E-state index in [9.17, 15) is 4.79 Å². The third kappa shape index (κ3) is 4.84. The van der Waals surface area contributed by atoms with Gasteiger partial charge < -0.3 is 19.1 Å². The number of aromatic nitrogens is 1. The molecule has 1 amide bonds. The summed E-state index contributed by atoms with van der Waals surface area (Å²) in [5.74, 6) is 1.15. The summed E-state index contributed by atoms with van der Waals surface area (Å²) in [5, 5.41) is 1.24. The number of piperidine rings is 2. The van der Waals surface area contributed by atoms with Crippen LogP contribution in [0.3, 0.4) is 0 Å². The molecule has 0 spiro atoms. The summed E-state index contributed by atoms with van der Waals surface area (Å²) < 4.78 is 8.84. The summed E-state index contributed by atoms with van der Waals surface area (Å²) in [6.45, 7) is 3.97. The molecule has 0 radical (unpaired) electrons. The van der Waals surface area contributed by atoms with Crippen molar-refractivity contribution in [3.63, 3.8) is 0 Å². The number of fused-ring (bicyclic) bond motifs is 1. The second kappa shape index (κ2) is 10.1. The molecule has 2 saturated heterocycles. The molecule has 0 atom stereocenters. The second-order valence-electron chi connectivity index (χ2n) is 10.6. The van der Waals surface area contributed by atoms with Gasteiger partial charge in [-0.1, -0.05) is 31.0 Å². The Morgan fingerprint density at radius 1 is 0.771 bits per heavy atom. The van der Waals surface area contributed by atoms with Gasteiger partial charge in [-0.3, -0.25) is 4.79 Å². The van der Waals surface area contributed by atoms with Crippen LogP contribution in [0.5, 0.6) is 5.75 Å². The van der Waals surface area contributed by atoms with E-state index in [4.69, 9.17) is 4.74 Å². The van der Waals surface area contributed by atoms with Crippen molar-refractivity contribution < 1.29 is 9.53 Å². The number of benzene rings is 2. The van der Waals surface area contributed by atoms with Crippen LogP contribution in [0, 0.1) is 0 Å². The number of rotatable bonds is 5. The molecule has 2 aliphatic heterocycles. The Bertz CT molecular complexity index is 1130. The fourth-order valence-electron chi connectivity index (χ4n) is 6.46. The lowest BCUT2D eigenvalue weighted by molar-refractivity contribution is 0.0696. The van der Waals surface area contributed by atoms with Gasteiger partial charge in [-0.25, -0.2) is 0 Å². The van der Waals surface area contributed by atoms with E-state index in [2.05, 4.69) is 39.9 Å². The standard InChI is InChI=1S/C30H37N3O2/c34-30(23-6-2-1-3-7-23)32-17-13-26(14-18-32)33-21-12-24-22-28(10-11-29(24)33)35-27-15-19-31(20-16-27)25-8-4-5-9-25/h1-3,6-7,10-12,21-22,25-27H,4-5,8-9,13-20H2. The third-order valence-electron chi connectivity index (χ3n) is 8.48. The Hall–Kier alpha value is -2.79. The van der Waals surface area contributed by atoms with E-state index >= 15 is 0 Å². The van der Waals surface area contributed by atoms with Gasteiger partial charge in [0.15, 0.2) is 0 Å². The van der Waals surface area contributed by atoms with Crippen LogP contribution in [0.15, 0.2) is 60.8 Å². The molecule has 5 nitrogen and oxygen atoms in total. The van der Waals surface area contributed by atoms with Gasteiger partial charge in [0.05, 0.1) is 0 Å². The zero-order chi connectivity index (χ0) is 23.6. The zero-order valence-electron chi connectivity index (χ0n) is 20.6. The Morgan fingerprint density at radius 2 is 1.51 bits per heavy atom. The fraction of sp³-hybridized carbons (Fsp3) is 0.500. The Labute approximate surface area is 208 Å². The van der Waals surface area contributed by atoms with Gasteiger partial charge in [-0.2, -0.15) is 0 Å². The maximum Gasteiger partial charge on any atom is 0.253 e. The maximum atomic E-state index is 12.8. The van der Waals surface area contributed by atoms with Crippen LogP contribution < -0.4 is 4.74 Å². The lowest BCUT2D eigenvalue weighted by Crippen LogP contribution is -2.43. The Balaban J connectivity index is 1.05. The van der Waals surface area contributed by atoms with E-state index in [-0.39, 0.29) is 5.91 Å². The van der Waals surface area contributed by atoms with Gasteiger partial charge in [0.1, 0.15) is 11.9 Å². The minimum Gasteiger partial charge on any atom is -0.490 e. The molecular formula is C30H37N3O2. The van der Waals surface area contributed by atoms with Gasteiger partial charge in [-0.05, 0) is 74.9 Å². The lowest BCUT2D eigenvalue weighted by Gasteiger charge is -2.36. The first kappa shape index (κ1) is 22.7. The van der Waals surface area contributed by atoms with E-state index < -0.39 is 0 Å². The highest BCUT2D eigenvalue weighted by molar-refractivity contribution is 5.94. The molecule has 0 bridgehead atoms. The summed E-state index contributed by atoms with van der Waals surface area (Å²) in [5.41, 5.74) is 2.05. The monoisotopic (exact) mass is 471 g/mol. The van der Waals surface area contributed by atoms with E-state index in [0.29, 0.717) is 12.1 Å². The molecule has 5 heteroatoms. The first-order chi connectivity index (χ1) is 17.2. The molecule has 184 valence electrons. The number of amides is 1. The molecule has 3 fully saturated rings. The molecule has 3 aliphatic rings. The first-order valence-corrected chi connectivity index (χ1v) is 13.6. The van der Waals surface area contributed by atoms with Crippen molar-refractivity contribution >= 4 is 16.8 Å². The van der Waals surface area contributed by atoms with Crippen LogP contribution in [0.2, 0.25) is 0 Å². The quantitative estimate of drug-likeness (QED) is 0.465. The number of ether oxygens (including phenoxy) is 1. The van der Waals surface area contributed by atoms with Gasteiger partial charge in [0.25, 0.3) is 5.91 Å². The van der Waals surface area contributed by atoms with Gasteiger partial charge in [-0.15, -0.1) is 0 Å². The molecule has 1 saturated carbocycles. The summed E-state index contributed by atoms with van der Waals surface area (Å²) in [6, 6.07) is 19.7. The molecular weight excluding hydrogens is 434 g/mol. The normalized spacial score (nSPS) is 21.1. The minimum atomic E-state index is 0.150. The first-order valence-electron chi connectivity index (χ1n) is 13.6. The second-order valence-corrected chi connectivity index (χ2v) is 10.6. The van der Waals surface area contributed by atoms with Crippen LogP contribution in [0.25, 0.3) is 10.9 Å². The summed E-state index contributed by atoms with van der Waals surface area (Å²) in [4.78, 5) is 17.5. The SMILES string of the molecule is O=C(c1ccccc1)N1CCC(n2ccc3cc(OC4CCN(C5CCCC5)CC4)ccc32)CC1. The molecule has 1 aliphatic carbocycles. The largest absolute Gasteiger partial charge is 0.490 e. The van der Waals surface area contributed by atoms with Crippen molar-refractivity contribution in [3.8, 4) is 5.75 Å². The minimum absolute atomic E-state index is 0.150.